The zero-order chi connectivity index (χ0) is 74.8. The molecule has 0 heterocycles. The number of hydrogen-bond donors (Lipinski definition) is 3. The molecule has 102 heavy (non-hydrogen) atoms. The Kier molecular flexibility index (Phi) is 74.4. The van der Waals surface area contributed by atoms with Crippen LogP contribution in [-0.4, -0.2) is 96.7 Å². The number of esters is 4. The van der Waals surface area contributed by atoms with Gasteiger partial charge in [0.25, 0.3) is 0 Å². The molecular formula is C83H162O17P2. The summed E-state index contributed by atoms with van der Waals surface area (Å²) in [5, 5.41) is 10.7. The number of hydrogen-bond acceptors (Lipinski definition) is 15. The molecule has 606 valence electrons. The smallest absolute Gasteiger partial charge is 0.462 e. The zero-order valence-corrected chi connectivity index (χ0v) is 68.5. The minimum absolute atomic E-state index is 0.109. The molecule has 0 aliphatic rings. The topological polar surface area (TPSA) is 237 Å². The van der Waals surface area contributed by atoms with E-state index >= 15 is 0 Å². The Morgan fingerprint density at radius 3 is 0.667 bits per heavy atom. The van der Waals surface area contributed by atoms with E-state index in [2.05, 4.69) is 34.6 Å². The van der Waals surface area contributed by atoms with Crippen LogP contribution in [0.3, 0.4) is 0 Å². The zero-order valence-electron chi connectivity index (χ0n) is 66.8. The molecule has 0 radical (unpaired) electrons. The number of aliphatic hydroxyl groups is 1. The normalized spacial score (nSPS) is 13.8. The van der Waals surface area contributed by atoms with Gasteiger partial charge in [-0.05, 0) is 31.6 Å². The van der Waals surface area contributed by atoms with Gasteiger partial charge >= 0.3 is 39.5 Å². The first-order valence-corrected chi connectivity index (χ1v) is 46.1. The van der Waals surface area contributed by atoms with Gasteiger partial charge in [0.15, 0.2) is 12.2 Å². The Bertz CT molecular complexity index is 1940. The van der Waals surface area contributed by atoms with E-state index in [-0.39, 0.29) is 25.7 Å². The molecule has 0 aliphatic carbocycles. The molecule has 2 unspecified atom stereocenters. The maximum absolute atomic E-state index is 13.1. The van der Waals surface area contributed by atoms with Gasteiger partial charge in [0, 0.05) is 25.7 Å². The third kappa shape index (κ3) is 76.3. The lowest BCUT2D eigenvalue weighted by Crippen LogP contribution is -2.30. The van der Waals surface area contributed by atoms with Crippen LogP contribution in [0.1, 0.15) is 446 Å². The number of phosphoric acid groups is 2. The Morgan fingerprint density at radius 2 is 0.451 bits per heavy atom. The lowest BCUT2D eigenvalue weighted by molar-refractivity contribution is -0.161. The average molecular weight is 1490 g/mol. The van der Waals surface area contributed by atoms with Gasteiger partial charge in [-0.3, -0.25) is 37.3 Å². The van der Waals surface area contributed by atoms with Crippen molar-refractivity contribution in [2.75, 3.05) is 39.6 Å². The number of rotatable bonds is 83. The van der Waals surface area contributed by atoms with E-state index in [9.17, 15) is 43.2 Å². The van der Waals surface area contributed by atoms with E-state index in [1.165, 1.54) is 270 Å². The number of aliphatic hydroxyl groups excluding tert-OH is 1. The van der Waals surface area contributed by atoms with Crippen LogP contribution in [0.25, 0.3) is 0 Å². The summed E-state index contributed by atoms with van der Waals surface area (Å²) in [4.78, 5) is 73.1. The summed E-state index contributed by atoms with van der Waals surface area (Å²) >= 11 is 0. The quantitative estimate of drug-likeness (QED) is 0.0222. The van der Waals surface area contributed by atoms with Crippen LogP contribution in [0.15, 0.2) is 0 Å². The summed E-state index contributed by atoms with van der Waals surface area (Å²) in [5.41, 5.74) is 0. The van der Waals surface area contributed by atoms with Gasteiger partial charge in [-0.1, -0.05) is 394 Å². The summed E-state index contributed by atoms with van der Waals surface area (Å²) in [6.45, 7) is 7.36. The molecule has 0 aliphatic heterocycles. The van der Waals surface area contributed by atoms with Crippen molar-refractivity contribution in [3.8, 4) is 0 Å². The van der Waals surface area contributed by atoms with Crippen molar-refractivity contribution in [3.63, 3.8) is 0 Å². The lowest BCUT2D eigenvalue weighted by Gasteiger charge is -2.21. The van der Waals surface area contributed by atoms with Crippen molar-refractivity contribution < 1.29 is 80.2 Å². The molecule has 0 aromatic carbocycles. The summed E-state index contributed by atoms with van der Waals surface area (Å²) in [5.74, 6) is -1.32. The van der Waals surface area contributed by atoms with Crippen LogP contribution in [0.4, 0.5) is 0 Å². The number of carbonyl (C=O) groups excluding carboxylic acids is 4. The molecule has 19 heteroatoms. The van der Waals surface area contributed by atoms with Crippen LogP contribution in [0.2, 0.25) is 0 Å². The predicted molar refractivity (Wildman–Crippen MR) is 418 cm³/mol. The Labute approximate surface area is 626 Å². The minimum Gasteiger partial charge on any atom is -0.462 e. The molecule has 0 fully saturated rings. The first-order chi connectivity index (χ1) is 49.5. The Hall–Kier alpha value is -1.94. The summed E-state index contributed by atoms with van der Waals surface area (Å²) < 4.78 is 68.8. The summed E-state index contributed by atoms with van der Waals surface area (Å²) in [6, 6.07) is 0. The van der Waals surface area contributed by atoms with Crippen molar-refractivity contribution in [2.45, 2.75) is 464 Å². The molecular weight excluding hydrogens is 1330 g/mol. The largest absolute Gasteiger partial charge is 0.472 e. The van der Waals surface area contributed by atoms with E-state index in [4.69, 9.17) is 37.0 Å². The maximum atomic E-state index is 13.1. The molecule has 0 bridgehead atoms. The Balaban J connectivity index is 5.23. The van der Waals surface area contributed by atoms with Gasteiger partial charge in [0.05, 0.1) is 26.4 Å². The molecule has 0 aromatic heterocycles. The Morgan fingerprint density at radius 1 is 0.265 bits per heavy atom. The van der Waals surface area contributed by atoms with E-state index in [1.54, 1.807) is 0 Å². The van der Waals surface area contributed by atoms with E-state index < -0.39 is 97.5 Å². The van der Waals surface area contributed by atoms with Crippen LogP contribution in [0, 0.1) is 5.92 Å². The van der Waals surface area contributed by atoms with Gasteiger partial charge in [-0.25, -0.2) is 9.13 Å². The SMILES string of the molecule is CCCCCCCCCCCCCCCCCCCCCCCC(=O)O[C@H](COC(=O)CCCCCCCCCCCCCCC(C)C)COP(=O)(O)OC[C@@H](O)COP(=O)(O)OC[C@@H](COC(=O)CCCCCCCCCCCCC)OC(=O)CCCCCCCCCCCCCCCCC. The second kappa shape index (κ2) is 75.9. The maximum Gasteiger partial charge on any atom is 0.472 e. The lowest BCUT2D eigenvalue weighted by atomic mass is 10.0. The number of phosphoric ester groups is 2. The fourth-order valence-electron chi connectivity index (χ4n) is 12.9. The third-order valence-corrected chi connectivity index (χ3v) is 21.4. The molecule has 0 rings (SSSR count). The van der Waals surface area contributed by atoms with Crippen molar-refractivity contribution in [1.82, 2.24) is 0 Å². The van der Waals surface area contributed by atoms with Gasteiger partial charge < -0.3 is 33.8 Å². The fourth-order valence-corrected chi connectivity index (χ4v) is 14.5. The van der Waals surface area contributed by atoms with Gasteiger partial charge in [-0.2, -0.15) is 0 Å². The van der Waals surface area contributed by atoms with Gasteiger partial charge in [0.2, 0.25) is 0 Å². The summed E-state index contributed by atoms with van der Waals surface area (Å²) in [7, 11) is -9.92. The highest BCUT2D eigenvalue weighted by molar-refractivity contribution is 7.47. The molecule has 0 saturated carbocycles. The second-order valence-electron chi connectivity index (χ2n) is 30.3. The van der Waals surface area contributed by atoms with Gasteiger partial charge in [-0.15, -0.1) is 0 Å². The molecule has 3 N–H and O–H groups in total. The molecule has 0 spiro atoms. The van der Waals surface area contributed by atoms with E-state index in [0.29, 0.717) is 25.7 Å². The van der Waals surface area contributed by atoms with Crippen LogP contribution in [-0.2, 0) is 65.4 Å². The summed E-state index contributed by atoms with van der Waals surface area (Å²) in [6.07, 6.45) is 67.9. The molecule has 0 aromatic rings. The number of unbranched alkanes of at least 4 members (excludes halogenated alkanes) is 55. The first kappa shape index (κ1) is 100. The van der Waals surface area contributed by atoms with E-state index in [0.717, 1.165) is 95.8 Å². The van der Waals surface area contributed by atoms with Crippen molar-refractivity contribution in [3.05, 3.63) is 0 Å². The highest BCUT2D eigenvalue weighted by atomic mass is 31.2. The van der Waals surface area contributed by atoms with Crippen molar-refractivity contribution >= 4 is 39.5 Å². The average Bonchev–Trinajstić information content (AvgIpc) is 0.909. The van der Waals surface area contributed by atoms with Crippen LogP contribution >= 0.6 is 15.6 Å². The first-order valence-electron chi connectivity index (χ1n) is 43.1. The molecule has 0 amide bonds. The standard InChI is InChI=1S/C83H162O17P2/c1-6-9-12-15-18-21-24-26-28-29-30-31-32-33-35-37-44-49-54-59-64-69-83(88)100-79(73-94-81(86)67-62-57-52-47-42-39-38-41-45-50-55-60-65-76(4)5)75-98-102(91,92)96-71-77(84)70-95-101(89,90)97-74-78(72-93-80(85)66-61-56-51-46-40-23-20-17-14-11-8-3)99-82(87)68-63-58-53-48-43-36-34-27-25-22-19-16-13-10-7-2/h76-79,84H,6-75H2,1-5H3,(H,89,90)(H,91,92)/t77-,78+,79+/m0/s1. The number of ether oxygens (including phenoxy) is 4. The molecule has 0 saturated heterocycles. The fraction of sp³-hybridized carbons (Fsp3) is 0.952. The monoisotopic (exact) mass is 1490 g/mol. The second-order valence-corrected chi connectivity index (χ2v) is 33.3. The van der Waals surface area contributed by atoms with Crippen LogP contribution in [0.5, 0.6) is 0 Å². The molecule has 5 atom stereocenters. The van der Waals surface area contributed by atoms with E-state index in [1.807, 2.05) is 0 Å². The molecule has 17 nitrogen and oxygen atoms in total. The third-order valence-electron chi connectivity index (χ3n) is 19.5. The van der Waals surface area contributed by atoms with Crippen molar-refractivity contribution in [1.29, 1.82) is 0 Å². The van der Waals surface area contributed by atoms with Gasteiger partial charge in [0.1, 0.15) is 19.3 Å². The highest BCUT2D eigenvalue weighted by Crippen LogP contribution is 2.45. The highest BCUT2D eigenvalue weighted by Gasteiger charge is 2.30. The number of carbonyl (C=O) groups is 4. The minimum atomic E-state index is -4.96. The van der Waals surface area contributed by atoms with Crippen molar-refractivity contribution in [2.24, 2.45) is 5.92 Å². The van der Waals surface area contributed by atoms with Crippen LogP contribution < -0.4 is 0 Å². The predicted octanol–water partition coefficient (Wildman–Crippen LogP) is 25.2.